The van der Waals surface area contributed by atoms with Crippen molar-refractivity contribution in [2.75, 3.05) is 13.2 Å². The molecule has 1 aromatic carbocycles. The lowest BCUT2D eigenvalue weighted by atomic mass is 9.73. The summed E-state index contributed by atoms with van der Waals surface area (Å²) in [6, 6.07) is 8.64. The fourth-order valence-corrected chi connectivity index (χ4v) is 3.58. The number of aliphatic carboxylic acids is 1. The van der Waals surface area contributed by atoms with Crippen LogP contribution in [0.2, 0.25) is 0 Å². The van der Waals surface area contributed by atoms with Crippen molar-refractivity contribution < 1.29 is 24.2 Å². The second kappa shape index (κ2) is 6.36. The fourth-order valence-electron chi connectivity index (χ4n) is 3.58. The standard InChI is InChI=1S/C18H21NO5/c1-18(17(22)23,14-5-3-2-4-6-14)19-16(21)11-7-12-9-24-10-13(8-11)15(12)20/h2-6,11-13H,7-10H2,1H3,(H,19,21)(H,22,23). The van der Waals surface area contributed by atoms with Gasteiger partial charge >= 0.3 is 5.97 Å². The van der Waals surface area contributed by atoms with Crippen molar-refractivity contribution in [1.29, 1.82) is 0 Å². The van der Waals surface area contributed by atoms with Crippen molar-refractivity contribution in [3.8, 4) is 0 Å². The smallest absolute Gasteiger partial charge is 0.333 e. The zero-order valence-electron chi connectivity index (χ0n) is 13.5. The quantitative estimate of drug-likeness (QED) is 0.869. The largest absolute Gasteiger partial charge is 0.479 e. The summed E-state index contributed by atoms with van der Waals surface area (Å²) in [5.41, 5.74) is -0.980. The number of amides is 1. The van der Waals surface area contributed by atoms with E-state index in [2.05, 4.69) is 5.32 Å². The van der Waals surface area contributed by atoms with Crippen molar-refractivity contribution in [2.24, 2.45) is 17.8 Å². The first-order valence-corrected chi connectivity index (χ1v) is 8.14. The summed E-state index contributed by atoms with van der Waals surface area (Å²) >= 11 is 0. The van der Waals surface area contributed by atoms with Crippen molar-refractivity contribution in [1.82, 2.24) is 5.32 Å². The molecule has 128 valence electrons. The number of rotatable bonds is 4. The van der Waals surface area contributed by atoms with Gasteiger partial charge in [0.25, 0.3) is 0 Å². The van der Waals surface area contributed by atoms with Gasteiger partial charge in [0, 0.05) is 17.8 Å². The number of ether oxygens (including phenoxy) is 1. The molecule has 1 saturated carbocycles. The van der Waals surface area contributed by atoms with Gasteiger partial charge in [-0.15, -0.1) is 0 Å². The Labute approximate surface area is 140 Å². The molecule has 1 aromatic rings. The third kappa shape index (κ3) is 2.94. The molecule has 0 spiro atoms. The Morgan fingerprint density at radius 1 is 1.17 bits per heavy atom. The third-order valence-electron chi connectivity index (χ3n) is 5.10. The normalized spacial score (nSPS) is 28.7. The molecule has 6 heteroatoms. The number of nitrogens with one attached hydrogen (secondary N) is 1. The maximum absolute atomic E-state index is 12.7. The monoisotopic (exact) mass is 331 g/mol. The highest BCUT2D eigenvalue weighted by Crippen LogP contribution is 2.35. The molecule has 2 aliphatic rings. The predicted octanol–water partition coefficient (Wildman–Crippen LogP) is 1.34. The van der Waals surface area contributed by atoms with E-state index in [1.165, 1.54) is 6.92 Å². The highest BCUT2D eigenvalue weighted by atomic mass is 16.5. The van der Waals surface area contributed by atoms with Crippen LogP contribution in [0, 0.1) is 17.8 Å². The summed E-state index contributed by atoms with van der Waals surface area (Å²) in [6.07, 6.45) is 0.845. The Bertz CT molecular complexity index is 643. The molecule has 1 aliphatic heterocycles. The first-order valence-electron chi connectivity index (χ1n) is 8.14. The number of carbonyl (C=O) groups is 3. The van der Waals surface area contributed by atoms with Gasteiger partial charge in [0.1, 0.15) is 5.78 Å². The average molecular weight is 331 g/mol. The summed E-state index contributed by atoms with van der Waals surface area (Å²) in [4.78, 5) is 36.6. The van der Waals surface area contributed by atoms with Crippen LogP contribution in [0.25, 0.3) is 0 Å². The number of carboxylic acids is 1. The highest BCUT2D eigenvalue weighted by molar-refractivity contribution is 5.91. The van der Waals surface area contributed by atoms with Crippen LogP contribution in [0.3, 0.4) is 0 Å². The Kier molecular flexibility index (Phi) is 4.41. The van der Waals surface area contributed by atoms with Gasteiger partial charge in [0.15, 0.2) is 5.54 Å². The fraction of sp³-hybridized carbons (Fsp3) is 0.500. The molecular weight excluding hydrogens is 310 g/mol. The van der Waals surface area contributed by atoms with Gasteiger partial charge in [-0.2, -0.15) is 0 Å². The second-order valence-corrected chi connectivity index (χ2v) is 6.79. The lowest BCUT2D eigenvalue weighted by Gasteiger charge is -2.38. The molecule has 0 aromatic heterocycles. The van der Waals surface area contributed by atoms with E-state index in [9.17, 15) is 19.5 Å². The number of ketones is 1. The minimum atomic E-state index is -1.49. The van der Waals surface area contributed by atoms with E-state index in [-0.39, 0.29) is 29.4 Å². The molecule has 3 atom stereocenters. The SMILES string of the molecule is CC(NC(=O)C1CC2COCC(C1)C2=O)(C(=O)O)c1ccccc1. The van der Waals surface area contributed by atoms with Crippen LogP contribution in [-0.2, 0) is 24.7 Å². The predicted molar refractivity (Wildman–Crippen MR) is 85.1 cm³/mol. The topological polar surface area (TPSA) is 92.7 Å². The van der Waals surface area contributed by atoms with E-state index in [1.807, 2.05) is 0 Å². The van der Waals surface area contributed by atoms with E-state index >= 15 is 0 Å². The van der Waals surface area contributed by atoms with Crippen molar-refractivity contribution in [2.45, 2.75) is 25.3 Å². The Hall–Kier alpha value is -2.21. The van der Waals surface area contributed by atoms with E-state index < -0.39 is 11.5 Å². The zero-order chi connectivity index (χ0) is 17.3. The minimum Gasteiger partial charge on any atom is -0.479 e. The van der Waals surface area contributed by atoms with E-state index in [1.54, 1.807) is 30.3 Å². The van der Waals surface area contributed by atoms with Crippen LogP contribution in [0.15, 0.2) is 30.3 Å². The Morgan fingerprint density at radius 3 is 2.29 bits per heavy atom. The summed E-state index contributed by atoms with van der Waals surface area (Å²) in [5.74, 6) is -2.11. The lowest BCUT2D eigenvalue weighted by Crippen LogP contribution is -2.53. The first-order chi connectivity index (χ1) is 11.4. The van der Waals surface area contributed by atoms with Gasteiger partial charge < -0.3 is 15.2 Å². The number of benzene rings is 1. The van der Waals surface area contributed by atoms with Gasteiger partial charge in [0.05, 0.1) is 13.2 Å². The molecule has 1 aliphatic carbocycles. The molecule has 1 saturated heterocycles. The van der Waals surface area contributed by atoms with Gasteiger partial charge in [-0.05, 0) is 25.3 Å². The molecule has 1 heterocycles. The second-order valence-electron chi connectivity index (χ2n) is 6.79. The zero-order valence-corrected chi connectivity index (χ0v) is 13.5. The molecule has 3 unspecified atom stereocenters. The Morgan fingerprint density at radius 2 is 1.75 bits per heavy atom. The van der Waals surface area contributed by atoms with Crippen LogP contribution < -0.4 is 5.32 Å². The summed E-state index contributed by atoms with van der Waals surface area (Å²) in [6.45, 7) is 2.20. The van der Waals surface area contributed by atoms with E-state index in [0.29, 0.717) is 31.6 Å². The molecule has 2 N–H and O–H groups in total. The van der Waals surface area contributed by atoms with Crippen molar-refractivity contribution in [3.63, 3.8) is 0 Å². The van der Waals surface area contributed by atoms with Gasteiger partial charge in [-0.25, -0.2) is 4.79 Å². The lowest BCUT2D eigenvalue weighted by molar-refractivity contribution is -0.152. The van der Waals surface area contributed by atoms with E-state index in [0.717, 1.165) is 0 Å². The molecule has 6 nitrogen and oxygen atoms in total. The first kappa shape index (κ1) is 16.6. The Balaban J connectivity index is 1.77. The molecule has 2 fully saturated rings. The average Bonchev–Trinajstić information content (AvgIpc) is 2.55. The summed E-state index contributed by atoms with van der Waals surface area (Å²) in [5, 5.41) is 12.3. The molecule has 0 radical (unpaired) electrons. The highest BCUT2D eigenvalue weighted by Gasteiger charge is 2.44. The van der Waals surface area contributed by atoms with Crippen molar-refractivity contribution >= 4 is 17.7 Å². The van der Waals surface area contributed by atoms with Crippen molar-refractivity contribution in [3.05, 3.63) is 35.9 Å². The third-order valence-corrected chi connectivity index (χ3v) is 5.10. The maximum Gasteiger partial charge on any atom is 0.333 e. The molecule has 2 bridgehead atoms. The van der Waals surface area contributed by atoms with Gasteiger partial charge in [0.2, 0.25) is 5.91 Å². The summed E-state index contributed by atoms with van der Waals surface area (Å²) < 4.78 is 5.40. The minimum absolute atomic E-state index is 0.175. The molecule has 3 rings (SSSR count). The van der Waals surface area contributed by atoms with Gasteiger partial charge in [-0.1, -0.05) is 30.3 Å². The number of carboxylic acid groups (broad SMARTS) is 1. The number of hydrogen-bond acceptors (Lipinski definition) is 4. The summed E-state index contributed by atoms with van der Waals surface area (Å²) in [7, 11) is 0. The van der Waals surface area contributed by atoms with E-state index in [4.69, 9.17) is 4.74 Å². The molecular formula is C18H21NO5. The van der Waals surface area contributed by atoms with Crippen LogP contribution in [0.4, 0.5) is 0 Å². The molecule has 24 heavy (non-hydrogen) atoms. The maximum atomic E-state index is 12.7. The van der Waals surface area contributed by atoms with Crippen LogP contribution in [-0.4, -0.2) is 36.0 Å². The number of hydrogen-bond donors (Lipinski definition) is 2. The van der Waals surface area contributed by atoms with Gasteiger partial charge in [-0.3, -0.25) is 9.59 Å². The molecule has 1 amide bonds. The van der Waals surface area contributed by atoms with Crippen LogP contribution >= 0.6 is 0 Å². The van der Waals surface area contributed by atoms with Crippen LogP contribution in [0.5, 0.6) is 0 Å². The number of Topliss-reactive ketones (excluding diaryl/α,β-unsaturated/α-hetero) is 1. The number of fused-ring (bicyclic) bond motifs is 2. The number of carbonyl (C=O) groups excluding carboxylic acids is 2. The van der Waals surface area contributed by atoms with Crippen LogP contribution in [0.1, 0.15) is 25.3 Å².